The third kappa shape index (κ3) is 6.22. The van der Waals surface area contributed by atoms with Gasteiger partial charge in [0, 0.05) is 14.1 Å². The summed E-state index contributed by atoms with van der Waals surface area (Å²) in [6.07, 6.45) is 3.50. The predicted molar refractivity (Wildman–Crippen MR) is 62.9 cm³/mol. The average Bonchev–Trinajstić information content (AvgIpc) is 2.13. The fraction of sp³-hybridized carbons (Fsp3) is 0.667. The van der Waals surface area contributed by atoms with Crippen molar-refractivity contribution in [2.45, 2.75) is 27.2 Å². The molecule has 0 aromatic carbocycles. The van der Waals surface area contributed by atoms with E-state index in [9.17, 15) is 9.59 Å². The van der Waals surface area contributed by atoms with Crippen molar-refractivity contribution in [2.75, 3.05) is 20.7 Å². The van der Waals surface area contributed by atoms with Gasteiger partial charge in [0.25, 0.3) is 0 Å². The molecule has 0 radical (unpaired) electrons. The SMILES string of the molecule is CCOC(=O)CC(C)(C)/C=C/C(=O)N(C)C. The summed E-state index contributed by atoms with van der Waals surface area (Å²) in [5.74, 6) is -0.327. The van der Waals surface area contributed by atoms with Crippen LogP contribution in [0.1, 0.15) is 27.2 Å². The van der Waals surface area contributed by atoms with Crippen molar-refractivity contribution in [3.63, 3.8) is 0 Å². The predicted octanol–water partition coefficient (Wildman–Crippen LogP) is 1.61. The third-order valence-corrected chi connectivity index (χ3v) is 2.02. The van der Waals surface area contributed by atoms with Crippen LogP contribution in [0.15, 0.2) is 12.2 Å². The smallest absolute Gasteiger partial charge is 0.306 e. The molecule has 0 saturated carbocycles. The van der Waals surface area contributed by atoms with E-state index in [4.69, 9.17) is 4.74 Å². The molecule has 0 atom stereocenters. The molecule has 0 spiro atoms. The summed E-state index contributed by atoms with van der Waals surface area (Å²) >= 11 is 0. The quantitative estimate of drug-likeness (QED) is 0.529. The largest absolute Gasteiger partial charge is 0.466 e. The molecule has 0 N–H and O–H groups in total. The van der Waals surface area contributed by atoms with Gasteiger partial charge in [-0.05, 0) is 18.4 Å². The number of amides is 1. The van der Waals surface area contributed by atoms with Gasteiger partial charge in [-0.2, -0.15) is 0 Å². The lowest BCUT2D eigenvalue weighted by Crippen LogP contribution is -2.21. The van der Waals surface area contributed by atoms with Gasteiger partial charge in [-0.3, -0.25) is 9.59 Å². The highest BCUT2D eigenvalue weighted by Crippen LogP contribution is 2.22. The Morgan fingerprint density at radius 3 is 2.31 bits per heavy atom. The molecule has 0 bridgehead atoms. The number of ether oxygens (including phenoxy) is 1. The van der Waals surface area contributed by atoms with Gasteiger partial charge in [0.05, 0.1) is 13.0 Å². The van der Waals surface area contributed by atoms with Crippen LogP contribution in [0, 0.1) is 5.41 Å². The molecule has 4 heteroatoms. The van der Waals surface area contributed by atoms with E-state index in [-0.39, 0.29) is 23.7 Å². The van der Waals surface area contributed by atoms with Crippen molar-refractivity contribution in [1.82, 2.24) is 4.90 Å². The number of likely N-dealkylation sites (N-methyl/N-ethyl adjacent to an activating group) is 1. The molecular formula is C12H21NO3. The lowest BCUT2D eigenvalue weighted by atomic mass is 9.89. The third-order valence-electron chi connectivity index (χ3n) is 2.02. The lowest BCUT2D eigenvalue weighted by molar-refractivity contribution is -0.144. The molecule has 1 amide bonds. The first-order valence-corrected chi connectivity index (χ1v) is 5.34. The maximum atomic E-state index is 11.3. The first-order chi connectivity index (χ1) is 7.28. The Morgan fingerprint density at radius 2 is 1.88 bits per heavy atom. The molecule has 92 valence electrons. The molecule has 0 aromatic heterocycles. The second-order valence-corrected chi connectivity index (χ2v) is 4.54. The Hall–Kier alpha value is -1.32. The van der Waals surface area contributed by atoms with Crippen LogP contribution < -0.4 is 0 Å². The van der Waals surface area contributed by atoms with Crippen LogP contribution in [0.3, 0.4) is 0 Å². The maximum Gasteiger partial charge on any atom is 0.306 e. The van der Waals surface area contributed by atoms with Crippen molar-refractivity contribution in [3.05, 3.63) is 12.2 Å². The van der Waals surface area contributed by atoms with Crippen LogP contribution in [0.4, 0.5) is 0 Å². The molecule has 0 aliphatic heterocycles. The lowest BCUT2D eigenvalue weighted by Gasteiger charge is -2.18. The van der Waals surface area contributed by atoms with E-state index >= 15 is 0 Å². The van der Waals surface area contributed by atoms with Gasteiger partial charge in [0.2, 0.25) is 5.91 Å². The molecule has 0 aliphatic carbocycles. The van der Waals surface area contributed by atoms with Gasteiger partial charge in [-0.1, -0.05) is 19.9 Å². The molecule has 0 rings (SSSR count). The second-order valence-electron chi connectivity index (χ2n) is 4.54. The summed E-state index contributed by atoms with van der Waals surface area (Å²) < 4.78 is 4.86. The summed E-state index contributed by atoms with van der Waals surface area (Å²) in [5, 5.41) is 0. The molecular weight excluding hydrogens is 206 g/mol. The van der Waals surface area contributed by atoms with Gasteiger partial charge < -0.3 is 9.64 Å². The summed E-state index contributed by atoms with van der Waals surface area (Å²) in [7, 11) is 3.37. The number of carbonyl (C=O) groups excluding carboxylic acids is 2. The minimum atomic E-state index is -0.363. The van der Waals surface area contributed by atoms with Gasteiger partial charge in [-0.15, -0.1) is 0 Å². The van der Waals surface area contributed by atoms with Crippen LogP contribution in [-0.4, -0.2) is 37.5 Å². The van der Waals surface area contributed by atoms with Gasteiger partial charge >= 0.3 is 5.97 Å². The molecule has 16 heavy (non-hydrogen) atoms. The minimum Gasteiger partial charge on any atom is -0.466 e. The highest BCUT2D eigenvalue weighted by molar-refractivity contribution is 5.87. The minimum absolute atomic E-state index is 0.0862. The number of nitrogens with zero attached hydrogens (tertiary/aromatic N) is 1. The topological polar surface area (TPSA) is 46.6 Å². The van der Waals surface area contributed by atoms with E-state index in [2.05, 4.69) is 0 Å². The van der Waals surface area contributed by atoms with E-state index in [1.54, 1.807) is 27.1 Å². The van der Waals surface area contributed by atoms with Crippen LogP contribution in [0.25, 0.3) is 0 Å². The fourth-order valence-corrected chi connectivity index (χ4v) is 1.09. The monoisotopic (exact) mass is 227 g/mol. The van der Waals surface area contributed by atoms with Crippen molar-refractivity contribution in [3.8, 4) is 0 Å². The maximum absolute atomic E-state index is 11.3. The Kier molecular flexibility index (Phi) is 5.78. The number of carbonyl (C=O) groups is 2. The molecule has 0 aromatic rings. The number of hydrogen-bond donors (Lipinski definition) is 0. The van der Waals surface area contributed by atoms with E-state index in [0.717, 1.165) is 0 Å². The van der Waals surface area contributed by atoms with Crippen molar-refractivity contribution in [1.29, 1.82) is 0 Å². The Balaban J connectivity index is 4.34. The van der Waals surface area contributed by atoms with Crippen LogP contribution in [-0.2, 0) is 14.3 Å². The van der Waals surface area contributed by atoms with E-state index in [1.807, 2.05) is 13.8 Å². The average molecular weight is 227 g/mol. The highest BCUT2D eigenvalue weighted by Gasteiger charge is 2.20. The number of allylic oxidation sites excluding steroid dienone is 1. The molecule has 4 nitrogen and oxygen atoms in total. The van der Waals surface area contributed by atoms with Crippen molar-refractivity contribution < 1.29 is 14.3 Å². The van der Waals surface area contributed by atoms with Crippen LogP contribution in [0.2, 0.25) is 0 Å². The van der Waals surface area contributed by atoms with Crippen molar-refractivity contribution >= 4 is 11.9 Å². The standard InChI is InChI=1S/C12H21NO3/c1-6-16-11(15)9-12(2,3)8-7-10(14)13(4)5/h7-8H,6,9H2,1-5H3/b8-7+. The zero-order valence-corrected chi connectivity index (χ0v) is 10.7. The molecule has 0 heterocycles. The first kappa shape index (κ1) is 14.7. The molecule has 0 aliphatic rings. The van der Waals surface area contributed by atoms with Gasteiger partial charge in [-0.25, -0.2) is 0 Å². The summed E-state index contributed by atoms with van der Waals surface area (Å²) in [4.78, 5) is 24.1. The van der Waals surface area contributed by atoms with E-state index < -0.39 is 0 Å². The van der Waals surface area contributed by atoms with E-state index in [1.165, 1.54) is 11.0 Å². The fourth-order valence-electron chi connectivity index (χ4n) is 1.09. The summed E-state index contributed by atoms with van der Waals surface area (Å²) in [6, 6.07) is 0. The normalized spacial score (nSPS) is 11.6. The van der Waals surface area contributed by atoms with E-state index in [0.29, 0.717) is 6.61 Å². The van der Waals surface area contributed by atoms with Crippen LogP contribution in [0.5, 0.6) is 0 Å². The second kappa shape index (κ2) is 6.30. The Labute approximate surface area is 97.3 Å². The molecule has 0 unspecified atom stereocenters. The Morgan fingerprint density at radius 1 is 1.31 bits per heavy atom. The zero-order valence-electron chi connectivity index (χ0n) is 10.7. The van der Waals surface area contributed by atoms with Crippen molar-refractivity contribution in [2.24, 2.45) is 5.41 Å². The number of esters is 1. The molecule has 0 saturated heterocycles. The molecule has 0 fully saturated rings. The Bertz CT molecular complexity index is 280. The van der Waals surface area contributed by atoms with Gasteiger partial charge in [0.15, 0.2) is 0 Å². The number of hydrogen-bond acceptors (Lipinski definition) is 3. The summed E-state index contributed by atoms with van der Waals surface area (Å²) in [6.45, 7) is 5.94. The first-order valence-electron chi connectivity index (χ1n) is 5.34. The summed E-state index contributed by atoms with van der Waals surface area (Å²) in [5.41, 5.74) is -0.363. The van der Waals surface area contributed by atoms with Gasteiger partial charge in [0.1, 0.15) is 0 Å². The van der Waals surface area contributed by atoms with Crippen LogP contribution >= 0.6 is 0 Å². The zero-order chi connectivity index (χ0) is 12.8. The number of rotatable bonds is 5. The highest BCUT2D eigenvalue weighted by atomic mass is 16.5.